The van der Waals surface area contributed by atoms with Crippen LogP contribution in [0.25, 0.3) is 0 Å². The molecule has 0 unspecified atom stereocenters. The third-order valence-electron chi connectivity index (χ3n) is 2.30. The second-order valence-corrected chi connectivity index (χ2v) is 4.59. The molecule has 17 heavy (non-hydrogen) atoms. The molecule has 0 aromatic heterocycles. The molecule has 1 aromatic rings. The molecule has 1 rings (SSSR count). The van der Waals surface area contributed by atoms with Crippen molar-refractivity contribution in [3.05, 3.63) is 37.9 Å². The monoisotopic (exact) mass is 240 g/mol. The van der Waals surface area contributed by atoms with Crippen molar-refractivity contribution in [1.29, 1.82) is 0 Å². The summed E-state index contributed by atoms with van der Waals surface area (Å²) in [6.07, 6.45) is 0. The fourth-order valence-electron chi connectivity index (χ4n) is 1.54. The number of hydrogen-bond donors (Lipinski definition) is 1. The lowest BCUT2D eigenvalue weighted by Gasteiger charge is -2.18. The summed E-state index contributed by atoms with van der Waals surface area (Å²) in [5.41, 5.74) is -1.92. The van der Waals surface area contributed by atoms with Crippen molar-refractivity contribution >= 4 is 11.4 Å². The smallest absolute Gasteiger partial charge is 0.387 e. The first-order chi connectivity index (χ1) is 7.66. The molecule has 0 aliphatic heterocycles. The summed E-state index contributed by atoms with van der Waals surface area (Å²) < 4.78 is 0. The lowest BCUT2D eigenvalue weighted by Crippen LogP contribution is -2.14. The van der Waals surface area contributed by atoms with Crippen molar-refractivity contribution in [2.24, 2.45) is 0 Å². The highest BCUT2D eigenvalue weighted by Crippen LogP contribution is 2.42. The molecule has 0 radical (unpaired) electrons. The molecule has 0 fully saturated rings. The molecule has 7 heteroatoms. The van der Waals surface area contributed by atoms with Gasteiger partial charge in [0.25, 0.3) is 0 Å². The highest BCUT2D eigenvalue weighted by atomic mass is 16.6. The molecule has 0 aliphatic carbocycles. The maximum Gasteiger partial charge on any atom is 0.387 e. The normalized spacial score (nSPS) is 11.2. The van der Waals surface area contributed by atoms with Gasteiger partial charge >= 0.3 is 11.4 Å². The van der Waals surface area contributed by atoms with Gasteiger partial charge in [0, 0.05) is 5.56 Å². The van der Waals surface area contributed by atoms with E-state index in [4.69, 9.17) is 0 Å². The van der Waals surface area contributed by atoms with Crippen LogP contribution >= 0.6 is 0 Å². The van der Waals surface area contributed by atoms with Crippen LogP contribution in [0.5, 0.6) is 5.75 Å². The summed E-state index contributed by atoms with van der Waals surface area (Å²) in [6, 6.07) is 2.44. The minimum Gasteiger partial charge on any atom is -0.502 e. The van der Waals surface area contributed by atoms with Crippen LogP contribution in [0.1, 0.15) is 26.3 Å². The molecule has 7 nitrogen and oxygen atoms in total. The Bertz CT molecular complexity index is 490. The highest BCUT2D eigenvalue weighted by molar-refractivity contribution is 5.66. The standard InChI is InChI=1S/C10H12N2O5/c1-10(2,3)6-4-5-7(13)9(12(16)17)8(6)11(14)15/h4-5,13H,1-3H3. The van der Waals surface area contributed by atoms with Crippen LogP contribution < -0.4 is 0 Å². The van der Waals surface area contributed by atoms with Gasteiger partial charge < -0.3 is 5.11 Å². The average molecular weight is 240 g/mol. The molecule has 0 heterocycles. The predicted molar refractivity (Wildman–Crippen MR) is 60.1 cm³/mol. The van der Waals surface area contributed by atoms with Crippen molar-refractivity contribution in [2.45, 2.75) is 26.2 Å². The van der Waals surface area contributed by atoms with Crippen LogP contribution in [-0.2, 0) is 5.41 Å². The van der Waals surface area contributed by atoms with Gasteiger partial charge in [-0.1, -0.05) is 20.8 Å². The lowest BCUT2D eigenvalue weighted by molar-refractivity contribution is -0.423. The van der Waals surface area contributed by atoms with Crippen LogP contribution in [0.4, 0.5) is 11.4 Å². The third-order valence-corrected chi connectivity index (χ3v) is 2.30. The summed E-state index contributed by atoms with van der Waals surface area (Å²) in [6.45, 7) is 5.11. The van der Waals surface area contributed by atoms with Gasteiger partial charge in [-0.05, 0) is 17.5 Å². The molecule has 1 aromatic carbocycles. The molecule has 0 saturated heterocycles. The SMILES string of the molecule is CC(C)(C)c1ccc(O)c([N+](=O)[O-])c1[N+](=O)[O-]. The van der Waals surface area contributed by atoms with E-state index in [1.165, 1.54) is 6.07 Å². The molecule has 0 spiro atoms. The number of hydrogen-bond acceptors (Lipinski definition) is 5. The minimum atomic E-state index is -0.942. The van der Waals surface area contributed by atoms with Gasteiger partial charge in [0.1, 0.15) is 0 Å². The second kappa shape index (κ2) is 4.00. The van der Waals surface area contributed by atoms with Crippen molar-refractivity contribution in [2.75, 3.05) is 0 Å². The molecule has 1 N–H and O–H groups in total. The fraction of sp³-hybridized carbons (Fsp3) is 0.400. The van der Waals surface area contributed by atoms with Gasteiger partial charge in [0.15, 0.2) is 0 Å². The molecule has 0 aliphatic rings. The van der Waals surface area contributed by atoms with Crippen LogP contribution in [0.3, 0.4) is 0 Å². The van der Waals surface area contributed by atoms with E-state index in [-0.39, 0.29) is 5.56 Å². The summed E-state index contributed by atoms with van der Waals surface area (Å²) in [4.78, 5) is 19.9. The Morgan fingerprint density at radius 2 is 1.53 bits per heavy atom. The molecule has 0 atom stereocenters. The van der Waals surface area contributed by atoms with Gasteiger partial charge in [-0.25, -0.2) is 0 Å². The second-order valence-electron chi connectivity index (χ2n) is 4.59. The quantitative estimate of drug-likeness (QED) is 0.631. The molecule has 0 amide bonds. The van der Waals surface area contributed by atoms with Crippen LogP contribution in [0.15, 0.2) is 12.1 Å². The van der Waals surface area contributed by atoms with Gasteiger partial charge in [0.05, 0.1) is 9.85 Å². The lowest BCUT2D eigenvalue weighted by atomic mass is 9.85. The van der Waals surface area contributed by atoms with E-state index in [2.05, 4.69) is 0 Å². The van der Waals surface area contributed by atoms with Gasteiger partial charge in [0.2, 0.25) is 5.75 Å². The number of phenolic OH excluding ortho intramolecular Hbond substituents is 1. The molecular formula is C10H12N2O5. The number of rotatable bonds is 2. The van der Waals surface area contributed by atoms with E-state index in [1.54, 1.807) is 20.8 Å². The zero-order chi connectivity index (χ0) is 13.4. The molecule has 92 valence electrons. The number of nitrogens with zero attached hydrogens (tertiary/aromatic N) is 2. The summed E-state index contributed by atoms with van der Waals surface area (Å²) in [5, 5.41) is 31.1. The van der Waals surface area contributed by atoms with Crippen LogP contribution in [0, 0.1) is 20.2 Å². The predicted octanol–water partition coefficient (Wildman–Crippen LogP) is 2.51. The Labute approximate surface area is 97.0 Å². The number of aromatic hydroxyl groups is 1. The van der Waals surface area contributed by atoms with E-state index in [9.17, 15) is 25.3 Å². The van der Waals surface area contributed by atoms with Crippen LogP contribution in [0.2, 0.25) is 0 Å². The summed E-state index contributed by atoms with van der Waals surface area (Å²) in [5.74, 6) is -0.699. The van der Waals surface area contributed by atoms with Crippen molar-refractivity contribution in [3.8, 4) is 5.75 Å². The maximum atomic E-state index is 10.9. The van der Waals surface area contributed by atoms with Gasteiger partial charge in [-0.3, -0.25) is 20.2 Å². The topological polar surface area (TPSA) is 107 Å². The largest absolute Gasteiger partial charge is 0.502 e. The Balaban J connectivity index is 3.72. The zero-order valence-corrected chi connectivity index (χ0v) is 9.63. The minimum absolute atomic E-state index is 0.215. The molecule has 0 bridgehead atoms. The number of nitro groups is 2. The van der Waals surface area contributed by atoms with Gasteiger partial charge in [-0.15, -0.1) is 0 Å². The number of benzene rings is 1. The Hall–Kier alpha value is -2.18. The molecular weight excluding hydrogens is 228 g/mol. The average Bonchev–Trinajstić information content (AvgIpc) is 2.14. The van der Waals surface area contributed by atoms with Crippen molar-refractivity contribution in [1.82, 2.24) is 0 Å². The molecule has 0 saturated carbocycles. The third kappa shape index (κ3) is 2.32. The Morgan fingerprint density at radius 1 is 1.06 bits per heavy atom. The van der Waals surface area contributed by atoms with E-state index < -0.39 is 32.4 Å². The van der Waals surface area contributed by atoms with Crippen LogP contribution in [-0.4, -0.2) is 15.0 Å². The Kier molecular flexibility index (Phi) is 3.03. The first-order valence-electron chi connectivity index (χ1n) is 4.81. The fourth-order valence-corrected chi connectivity index (χ4v) is 1.54. The summed E-state index contributed by atoms with van der Waals surface area (Å²) in [7, 11) is 0. The Morgan fingerprint density at radius 3 is 1.88 bits per heavy atom. The first kappa shape index (κ1) is 12.9. The van der Waals surface area contributed by atoms with E-state index in [1.807, 2.05) is 0 Å². The number of nitro benzene ring substituents is 2. The van der Waals surface area contributed by atoms with E-state index in [0.717, 1.165) is 6.07 Å². The van der Waals surface area contributed by atoms with Crippen molar-refractivity contribution < 1.29 is 15.0 Å². The first-order valence-corrected chi connectivity index (χ1v) is 4.81. The van der Waals surface area contributed by atoms with E-state index >= 15 is 0 Å². The summed E-state index contributed by atoms with van der Waals surface area (Å²) >= 11 is 0. The van der Waals surface area contributed by atoms with E-state index in [0.29, 0.717) is 0 Å². The highest BCUT2D eigenvalue weighted by Gasteiger charge is 2.36. The zero-order valence-electron chi connectivity index (χ0n) is 9.63. The van der Waals surface area contributed by atoms with Gasteiger partial charge in [-0.2, -0.15) is 0 Å². The van der Waals surface area contributed by atoms with Crippen molar-refractivity contribution in [3.63, 3.8) is 0 Å². The maximum absolute atomic E-state index is 10.9. The number of phenols is 1.